The summed E-state index contributed by atoms with van der Waals surface area (Å²) in [6.45, 7) is 7.09. The molecule has 0 saturated heterocycles. The molecular weight excluding hydrogens is 128 g/mol. The van der Waals surface area contributed by atoms with Crippen LogP contribution in [0.3, 0.4) is 0 Å². The monoisotopic (exact) mass is 144 g/mol. The maximum Gasteiger partial charge on any atom is 0.0624 e. The standard InChI is InChI=1S/C8H16O2/c1-4-6(2)8(10)5-7(3)9/h4,6-10H,1,5H2,2-3H3/t6-,7-,8-/m1/s1. The van der Waals surface area contributed by atoms with Crippen LogP contribution in [0.25, 0.3) is 0 Å². The average Bonchev–Trinajstić information content (AvgIpc) is 1.85. The summed E-state index contributed by atoms with van der Waals surface area (Å²) >= 11 is 0. The molecule has 2 nitrogen and oxygen atoms in total. The third kappa shape index (κ3) is 3.64. The van der Waals surface area contributed by atoms with Crippen LogP contribution in [-0.2, 0) is 0 Å². The van der Waals surface area contributed by atoms with E-state index in [9.17, 15) is 5.11 Å². The van der Waals surface area contributed by atoms with Crippen molar-refractivity contribution >= 4 is 0 Å². The number of hydrogen-bond acceptors (Lipinski definition) is 2. The van der Waals surface area contributed by atoms with Gasteiger partial charge in [0.1, 0.15) is 0 Å². The van der Waals surface area contributed by atoms with Crippen molar-refractivity contribution in [1.29, 1.82) is 0 Å². The highest BCUT2D eigenvalue weighted by Gasteiger charge is 2.12. The predicted molar refractivity (Wildman–Crippen MR) is 41.7 cm³/mol. The molecule has 0 bridgehead atoms. The normalized spacial score (nSPS) is 19.6. The number of hydrogen-bond donors (Lipinski definition) is 2. The molecule has 0 rings (SSSR count). The Kier molecular flexibility index (Phi) is 4.32. The molecule has 2 N–H and O–H groups in total. The van der Waals surface area contributed by atoms with Gasteiger partial charge in [-0.1, -0.05) is 13.0 Å². The molecule has 60 valence electrons. The smallest absolute Gasteiger partial charge is 0.0624 e. The van der Waals surface area contributed by atoms with Crippen LogP contribution in [0, 0.1) is 5.92 Å². The van der Waals surface area contributed by atoms with E-state index < -0.39 is 12.2 Å². The molecule has 0 aromatic heterocycles. The fraction of sp³-hybridized carbons (Fsp3) is 0.750. The first-order chi connectivity index (χ1) is 4.57. The third-order valence-corrected chi connectivity index (χ3v) is 1.56. The lowest BCUT2D eigenvalue weighted by Gasteiger charge is -2.16. The summed E-state index contributed by atoms with van der Waals surface area (Å²) in [5, 5.41) is 18.1. The topological polar surface area (TPSA) is 40.5 Å². The van der Waals surface area contributed by atoms with Gasteiger partial charge in [0.25, 0.3) is 0 Å². The zero-order valence-corrected chi connectivity index (χ0v) is 6.62. The molecule has 0 fully saturated rings. The summed E-state index contributed by atoms with van der Waals surface area (Å²) in [6.07, 6.45) is 1.22. The molecule has 10 heavy (non-hydrogen) atoms. The van der Waals surface area contributed by atoms with Crippen molar-refractivity contribution in [3.63, 3.8) is 0 Å². The van der Waals surface area contributed by atoms with Crippen LogP contribution in [0.1, 0.15) is 20.3 Å². The molecule has 0 amide bonds. The van der Waals surface area contributed by atoms with Crippen molar-refractivity contribution in [1.82, 2.24) is 0 Å². The molecule has 2 heteroatoms. The van der Waals surface area contributed by atoms with Crippen LogP contribution in [0.15, 0.2) is 12.7 Å². The first-order valence-electron chi connectivity index (χ1n) is 3.56. The Morgan fingerprint density at radius 3 is 2.20 bits per heavy atom. The molecule has 0 aromatic carbocycles. The lowest BCUT2D eigenvalue weighted by Crippen LogP contribution is -2.20. The maximum atomic E-state index is 9.26. The minimum absolute atomic E-state index is 0.0644. The van der Waals surface area contributed by atoms with E-state index in [2.05, 4.69) is 6.58 Å². The Hall–Kier alpha value is -0.340. The summed E-state index contributed by atoms with van der Waals surface area (Å²) in [4.78, 5) is 0. The molecule has 0 aliphatic rings. The van der Waals surface area contributed by atoms with E-state index in [0.717, 1.165) is 0 Å². The largest absolute Gasteiger partial charge is 0.393 e. The van der Waals surface area contributed by atoms with Crippen molar-refractivity contribution in [2.45, 2.75) is 32.5 Å². The first-order valence-corrected chi connectivity index (χ1v) is 3.56. The average molecular weight is 144 g/mol. The van der Waals surface area contributed by atoms with Crippen molar-refractivity contribution < 1.29 is 10.2 Å². The second kappa shape index (κ2) is 4.47. The minimum Gasteiger partial charge on any atom is -0.393 e. The third-order valence-electron chi connectivity index (χ3n) is 1.56. The second-order valence-electron chi connectivity index (χ2n) is 2.75. The van der Waals surface area contributed by atoms with Crippen LogP contribution in [0.2, 0.25) is 0 Å². The van der Waals surface area contributed by atoms with E-state index in [1.165, 1.54) is 0 Å². The quantitative estimate of drug-likeness (QED) is 0.576. The van der Waals surface area contributed by atoms with Gasteiger partial charge >= 0.3 is 0 Å². The number of rotatable bonds is 4. The van der Waals surface area contributed by atoms with Gasteiger partial charge in [0, 0.05) is 0 Å². The van der Waals surface area contributed by atoms with Gasteiger partial charge < -0.3 is 10.2 Å². The molecule has 0 aliphatic carbocycles. The summed E-state index contributed by atoms with van der Waals surface area (Å²) in [5.41, 5.74) is 0. The predicted octanol–water partition coefficient (Wildman–Crippen LogP) is 0.940. The molecule has 0 saturated carbocycles. The minimum atomic E-state index is -0.461. The van der Waals surface area contributed by atoms with Gasteiger partial charge in [-0.3, -0.25) is 0 Å². The molecule has 3 atom stereocenters. The Bertz CT molecular complexity index is 99.4. The summed E-state index contributed by atoms with van der Waals surface area (Å²) in [6, 6.07) is 0. The molecule has 0 heterocycles. The fourth-order valence-corrected chi connectivity index (χ4v) is 0.721. The summed E-state index contributed by atoms with van der Waals surface area (Å²) in [5.74, 6) is 0.0644. The molecule has 0 unspecified atom stereocenters. The van der Waals surface area contributed by atoms with Gasteiger partial charge in [0.05, 0.1) is 12.2 Å². The number of aliphatic hydroxyl groups is 2. The number of aliphatic hydroxyl groups excluding tert-OH is 2. The van der Waals surface area contributed by atoms with E-state index in [0.29, 0.717) is 6.42 Å². The van der Waals surface area contributed by atoms with Crippen molar-refractivity contribution in [2.75, 3.05) is 0 Å². The zero-order valence-electron chi connectivity index (χ0n) is 6.62. The summed E-state index contributed by atoms with van der Waals surface area (Å²) < 4.78 is 0. The Morgan fingerprint density at radius 1 is 1.40 bits per heavy atom. The van der Waals surface area contributed by atoms with E-state index in [4.69, 9.17) is 5.11 Å². The van der Waals surface area contributed by atoms with Crippen molar-refractivity contribution in [3.05, 3.63) is 12.7 Å². The lowest BCUT2D eigenvalue weighted by molar-refractivity contribution is 0.0690. The Balaban J connectivity index is 3.60. The first kappa shape index (κ1) is 9.66. The van der Waals surface area contributed by atoms with Gasteiger partial charge in [-0.05, 0) is 19.3 Å². The van der Waals surface area contributed by atoms with E-state index in [-0.39, 0.29) is 5.92 Å². The van der Waals surface area contributed by atoms with Gasteiger partial charge in [-0.15, -0.1) is 6.58 Å². The molecular formula is C8H16O2. The SMILES string of the molecule is C=C[C@@H](C)[C@H](O)C[C@@H](C)O. The highest BCUT2D eigenvalue weighted by atomic mass is 16.3. The molecule has 0 spiro atoms. The van der Waals surface area contributed by atoms with E-state index in [1.807, 2.05) is 6.92 Å². The van der Waals surface area contributed by atoms with Gasteiger partial charge in [-0.2, -0.15) is 0 Å². The molecule has 0 radical (unpaired) electrons. The van der Waals surface area contributed by atoms with Gasteiger partial charge in [-0.25, -0.2) is 0 Å². The Morgan fingerprint density at radius 2 is 1.90 bits per heavy atom. The van der Waals surface area contributed by atoms with Gasteiger partial charge in [0.2, 0.25) is 0 Å². The molecule has 0 aromatic rings. The van der Waals surface area contributed by atoms with Crippen LogP contribution < -0.4 is 0 Å². The summed E-state index contributed by atoms with van der Waals surface area (Å²) in [7, 11) is 0. The van der Waals surface area contributed by atoms with Crippen LogP contribution in [0.5, 0.6) is 0 Å². The lowest BCUT2D eigenvalue weighted by atomic mass is 10.0. The van der Waals surface area contributed by atoms with Crippen LogP contribution in [-0.4, -0.2) is 22.4 Å². The fourth-order valence-electron chi connectivity index (χ4n) is 0.721. The second-order valence-corrected chi connectivity index (χ2v) is 2.75. The van der Waals surface area contributed by atoms with Crippen LogP contribution in [0.4, 0.5) is 0 Å². The molecule has 0 aliphatic heterocycles. The highest BCUT2D eigenvalue weighted by Crippen LogP contribution is 2.09. The van der Waals surface area contributed by atoms with E-state index in [1.54, 1.807) is 13.0 Å². The highest BCUT2D eigenvalue weighted by molar-refractivity contribution is 4.81. The van der Waals surface area contributed by atoms with Crippen LogP contribution >= 0.6 is 0 Å². The zero-order chi connectivity index (χ0) is 8.15. The Labute approximate surface area is 62.2 Å². The van der Waals surface area contributed by atoms with Crippen molar-refractivity contribution in [3.8, 4) is 0 Å². The van der Waals surface area contributed by atoms with Gasteiger partial charge in [0.15, 0.2) is 0 Å². The maximum absolute atomic E-state index is 9.26. The van der Waals surface area contributed by atoms with E-state index >= 15 is 0 Å². The van der Waals surface area contributed by atoms with Crippen molar-refractivity contribution in [2.24, 2.45) is 5.92 Å².